The Hall–Kier alpha value is -0.900. The standard InChI is InChI=1S/C12H17NO2/c1-9-4-2-3-5-10(9)11(13)8-12-14-6-7-15-12/h2-5,11-12H,6-8,13H2,1H3. The van der Waals surface area contributed by atoms with Gasteiger partial charge in [0.15, 0.2) is 6.29 Å². The molecule has 1 aliphatic rings. The van der Waals surface area contributed by atoms with Gasteiger partial charge < -0.3 is 15.2 Å². The molecule has 0 saturated carbocycles. The summed E-state index contributed by atoms with van der Waals surface area (Å²) >= 11 is 0. The highest BCUT2D eigenvalue weighted by molar-refractivity contribution is 5.28. The Morgan fingerprint density at radius 1 is 1.33 bits per heavy atom. The van der Waals surface area contributed by atoms with Gasteiger partial charge in [0, 0.05) is 12.5 Å². The predicted molar refractivity (Wildman–Crippen MR) is 58.4 cm³/mol. The lowest BCUT2D eigenvalue weighted by atomic mass is 9.99. The van der Waals surface area contributed by atoms with Gasteiger partial charge in [-0.15, -0.1) is 0 Å². The van der Waals surface area contributed by atoms with E-state index in [0.717, 1.165) is 6.42 Å². The van der Waals surface area contributed by atoms with Gasteiger partial charge in [0.1, 0.15) is 0 Å². The topological polar surface area (TPSA) is 44.5 Å². The molecular formula is C12H17NO2. The van der Waals surface area contributed by atoms with E-state index in [9.17, 15) is 0 Å². The van der Waals surface area contributed by atoms with Crippen molar-refractivity contribution < 1.29 is 9.47 Å². The second-order valence-corrected chi connectivity index (χ2v) is 3.87. The smallest absolute Gasteiger partial charge is 0.159 e. The van der Waals surface area contributed by atoms with Crippen LogP contribution in [-0.2, 0) is 9.47 Å². The molecule has 0 bridgehead atoms. The molecule has 1 aromatic rings. The zero-order valence-corrected chi connectivity index (χ0v) is 8.98. The Bertz CT molecular complexity index is 321. The Labute approximate surface area is 90.2 Å². The fourth-order valence-electron chi connectivity index (χ4n) is 1.88. The first-order valence-electron chi connectivity index (χ1n) is 5.31. The van der Waals surface area contributed by atoms with Gasteiger partial charge in [0.2, 0.25) is 0 Å². The Morgan fingerprint density at radius 2 is 2.00 bits per heavy atom. The van der Waals surface area contributed by atoms with Crippen LogP contribution in [0, 0.1) is 6.92 Å². The minimum absolute atomic E-state index is 0.00528. The molecule has 1 fully saturated rings. The van der Waals surface area contributed by atoms with Crippen molar-refractivity contribution in [2.45, 2.75) is 25.7 Å². The van der Waals surface area contributed by atoms with Crippen molar-refractivity contribution in [3.05, 3.63) is 35.4 Å². The average Bonchev–Trinajstić information content (AvgIpc) is 2.71. The van der Waals surface area contributed by atoms with Crippen LogP contribution in [0.25, 0.3) is 0 Å². The number of nitrogens with two attached hydrogens (primary N) is 1. The molecule has 1 unspecified atom stereocenters. The summed E-state index contributed by atoms with van der Waals surface area (Å²) < 4.78 is 10.8. The van der Waals surface area contributed by atoms with Gasteiger partial charge in [0.05, 0.1) is 13.2 Å². The predicted octanol–water partition coefficient (Wildman–Crippen LogP) is 1.76. The molecular weight excluding hydrogens is 190 g/mol. The van der Waals surface area contributed by atoms with Gasteiger partial charge in [-0.25, -0.2) is 0 Å². The van der Waals surface area contributed by atoms with Crippen LogP contribution in [0.1, 0.15) is 23.6 Å². The van der Waals surface area contributed by atoms with Crippen LogP contribution in [0.15, 0.2) is 24.3 Å². The third-order valence-electron chi connectivity index (χ3n) is 2.73. The van der Waals surface area contributed by atoms with E-state index < -0.39 is 0 Å². The van der Waals surface area contributed by atoms with Crippen LogP contribution < -0.4 is 5.73 Å². The lowest BCUT2D eigenvalue weighted by Gasteiger charge is -2.17. The summed E-state index contributed by atoms with van der Waals surface area (Å²) in [6.45, 7) is 3.45. The molecule has 1 saturated heterocycles. The zero-order chi connectivity index (χ0) is 10.7. The maximum Gasteiger partial charge on any atom is 0.159 e. The Morgan fingerprint density at radius 3 is 2.67 bits per heavy atom. The van der Waals surface area contributed by atoms with E-state index in [0.29, 0.717) is 13.2 Å². The third-order valence-corrected chi connectivity index (χ3v) is 2.73. The lowest BCUT2D eigenvalue weighted by molar-refractivity contribution is -0.0507. The zero-order valence-electron chi connectivity index (χ0n) is 8.98. The summed E-state index contributed by atoms with van der Waals surface area (Å²) in [5.41, 5.74) is 8.52. The first-order chi connectivity index (χ1) is 7.27. The molecule has 3 heteroatoms. The van der Waals surface area contributed by atoms with Crippen LogP contribution in [-0.4, -0.2) is 19.5 Å². The van der Waals surface area contributed by atoms with Crippen molar-refractivity contribution in [1.82, 2.24) is 0 Å². The molecule has 1 aromatic carbocycles. The molecule has 3 nitrogen and oxygen atoms in total. The minimum Gasteiger partial charge on any atom is -0.350 e. The third kappa shape index (κ3) is 2.56. The molecule has 1 aliphatic heterocycles. The largest absolute Gasteiger partial charge is 0.350 e. The van der Waals surface area contributed by atoms with Gasteiger partial charge in [0.25, 0.3) is 0 Å². The van der Waals surface area contributed by atoms with Crippen molar-refractivity contribution in [3.8, 4) is 0 Å². The number of rotatable bonds is 3. The van der Waals surface area contributed by atoms with Gasteiger partial charge in [-0.3, -0.25) is 0 Å². The van der Waals surface area contributed by atoms with Crippen molar-refractivity contribution in [2.75, 3.05) is 13.2 Å². The quantitative estimate of drug-likeness (QED) is 0.821. The molecule has 2 rings (SSSR count). The van der Waals surface area contributed by atoms with Gasteiger partial charge in [-0.1, -0.05) is 24.3 Å². The van der Waals surface area contributed by atoms with E-state index in [1.807, 2.05) is 12.1 Å². The highest BCUT2D eigenvalue weighted by atomic mass is 16.7. The van der Waals surface area contributed by atoms with Crippen LogP contribution in [0.4, 0.5) is 0 Å². The number of aryl methyl sites for hydroxylation is 1. The minimum atomic E-state index is -0.125. The van der Waals surface area contributed by atoms with Gasteiger partial charge in [-0.2, -0.15) is 0 Å². The maximum atomic E-state index is 6.12. The molecule has 0 amide bonds. The summed E-state index contributed by atoms with van der Waals surface area (Å²) in [5, 5.41) is 0. The Balaban J connectivity index is 2.00. The Kier molecular flexibility index (Phi) is 3.36. The summed E-state index contributed by atoms with van der Waals surface area (Å²) in [5.74, 6) is 0. The number of hydrogen-bond acceptors (Lipinski definition) is 3. The van der Waals surface area contributed by atoms with Gasteiger partial charge in [-0.05, 0) is 18.1 Å². The van der Waals surface area contributed by atoms with Crippen molar-refractivity contribution in [1.29, 1.82) is 0 Å². The summed E-state index contributed by atoms with van der Waals surface area (Å²) in [4.78, 5) is 0. The number of benzene rings is 1. The van der Waals surface area contributed by atoms with Gasteiger partial charge >= 0.3 is 0 Å². The molecule has 0 spiro atoms. The van der Waals surface area contributed by atoms with Crippen molar-refractivity contribution in [3.63, 3.8) is 0 Å². The normalized spacial score (nSPS) is 19.3. The first-order valence-corrected chi connectivity index (χ1v) is 5.31. The number of ether oxygens (including phenoxy) is 2. The van der Waals surface area contributed by atoms with E-state index in [-0.39, 0.29) is 12.3 Å². The molecule has 0 aromatic heterocycles. The van der Waals surface area contributed by atoms with Crippen molar-refractivity contribution >= 4 is 0 Å². The van der Waals surface area contributed by atoms with E-state index >= 15 is 0 Å². The second kappa shape index (κ2) is 4.75. The molecule has 15 heavy (non-hydrogen) atoms. The first kappa shape index (κ1) is 10.6. The van der Waals surface area contributed by atoms with E-state index in [1.54, 1.807) is 0 Å². The lowest BCUT2D eigenvalue weighted by Crippen LogP contribution is -2.20. The second-order valence-electron chi connectivity index (χ2n) is 3.87. The SMILES string of the molecule is Cc1ccccc1C(N)CC1OCCO1. The molecule has 1 heterocycles. The van der Waals surface area contributed by atoms with E-state index in [2.05, 4.69) is 19.1 Å². The fraction of sp³-hybridized carbons (Fsp3) is 0.500. The van der Waals surface area contributed by atoms with Crippen LogP contribution in [0.2, 0.25) is 0 Å². The van der Waals surface area contributed by atoms with E-state index in [1.165, 1.54) is 11.1 Å². The molecule has 2 N–H and O–H groups in total. The molecule has 82 valence electrons. The summed E-state index contributed by atoms with van der Waals surface area (Å²) in [6.07, 6.45) is 0.602. The maximum absolute atomic E-state index is 6.12. The summed E-state index contributed by atoms with van der Waals surface area (Å²) in [6, 6.07) is 8.17. The van der Waals surface area contributed by atoms with Crippen LogP contribution in [0.5, 0.6) is 0 Å². The highest BCUT2D eigenvalue weighted by Crippen LogP contribution is 2.22. The molecule has 0 aliphatic carbocycles. The van der Waals surface area contributed by atoms with E-state index in [4.69, 9.17) is 15.2 Å². The van der Waals surface area contributed by atoms with Crippen molar-refractivity contribution in [2.24, 2.45) is 5.73 Å². The number of hydrogen-bond donors (Lipinski definition) is 1. The van der Waals surface area contributed by atoms with Crippen LogP contribution in [0.3, 0.4) is 0 Å². The highest BCUT2D eigenvalue weighted by Gasteiger charge is 2.20. The fourth-order valence-corrected chi connectivity index (χ4v) is 1.88. The molecule has 1 atom stereocenters. The summed E-state index contributed by atoms with van der Waals surface area (Å²) in [7, 11) is 0. The molecule has 0 radical (unpaired) electrons. The van der Waals surface area contributed by atoms with Crippen LogP contribution >= 0.6 is 0 Å². The average molecular weight is 207 g/mol. The monoisotopic (exact) mass is 207 g/mol.